The Balaban J connectivity index is 1.72. The predicted molar refractivity (Wildman–Crippen MR) is 92.8 cm³/mol. The van der Waals surface area contributed by atoms with E-state index in [1.165, 1.54) is 36.2 Å². The molecule has 1 aliphatic rings. The molecule has 0 radical (unpaired) electrons. The van der Waals surface area contributed by atoms with E-state index in [1.807, 2.05) is 18.2 Å². The maximum absolute atomic E-state index is 12.3. The van der Waals surface area contributed by atoms with Crippen molar-refractivity contribution < 1.29 is 4.79 Å². The number of carbonyl (C=O) groups excluding carboxylic acids is 1. The maximum atomic E-state index is 12.3. The first-order valence-electron chi connectivity index (χ1n) is 7.09. The Labute approximate surface area is 136 Å². The van der Waals surface area contributed by atoms with Gasteiger partial charge in [0.25, 0.3) is 5.91 Å². The van der Waals surface area contributed by atoms with Crippen LogP contribution in [0.4, 0.5) is 5.69 Å². The SMILES string of the molecule is Nc1c(C(=O)NCCC2=CCCC2)sc2cccc(Br)c12. The summed E-state index contributed by atoms with van der Waals surface area (Å²) in [6, 6.07) is 5.89. The van der Waals surface area contributed by atoms with Crippen molar-refractivity contribution in [2.24, 2.45) is 0 Å². The van der Waals surface area contributed by atoms with Crippen LogP contribution in [0.5, 0.6) is 0 Å². The smallest absolute Gasteiger partial charge is 0.263 e. The molecular weight excluding hydrogens is 348 g/mol. The zero-order valence-electron chi connectivity index (χ0n) is 11.6. The van der Waals surface area contributed by atoms with Crippen LogP contribution in [-0.2, 0) is 0 Å². The number of halogens is 1. The van der Waals surface area contributed by atoms with Gasteiger partial charge in [-0.25, -0.2) is 0 Å². The lowest BCUT2D eigenvalue weighted by Crippen LogP contribution is -2.24. The second kappa shape index (κ2) is 6.20. The molecule has 0 atom stereocenters. The molecule has 3 N–H and O–H groups in total. The molecule has 5 heteroatoms. The van der Waals surface area contributed by atoms with Gasteiger partial charge >= 0.3 is 0 Å². The Morgan fingerprint density at radius 3 is 3.00 bits per heavy atom. The maximum Gasteiger partial charge on any atom is 0.263 e. The van der Waals surface area contributed by atoms with E-state index >= 15 is 0 Å². The normalized spacial score (nSPS) is 14.4. The molecule has 0 bridgehead atoms. The molecule has 0 spiro atoms. The van der Waals surface area contributed by atoms with Gasteiger partial charge in [0, 0.05) is 21.1 Å². The molecule has 21 heavy (non-hydrogen) atoms. The molecule has 0 aliphatic heterocycles. The van der Waals surface area contributed by atoms with E-state index in [-0.39, 0.29) is 5.91 Å². The number of nitrogen functional groups attached to an aromatic ring is 1. The molecule has 1 aromatic carbocycles. The number of carbonyl (C=O) groups is 1. The number of rotatable bonds is 4. The first-order chi connectivity index (χ1) is 10.2. The number of anilines is 1. The zero-order valence-corrected chi connectivity index (χ0v) is 14.0. The molecule has 0 fully saturated rings. The monoisotopic (exact) mass is 364 g/mol. The van der Waals surface area contributed by atoms with Gasteiger partial charge in [0.15, 0.2) is 0 Å². The van der Waals surface area contributed by atoms with E-state index in [0.717, 1.165) is 21.0 Å². The molecule has 110 valence electrons. The second-order valence-electron chi connectivity index (χ2n) is 5.22. The lowest BCUT2D eigenvalue weighted by molar-refractivity contribution is 0.0959. The molecule has 1 heterocycles. The highest BCUT2D eigenvalue weighted by Crippen LogP contribution is 2.38. The molecule has 0 saturated heterocycles. The van der Waals surface area contributed by atoms with Gasteiger partial charge in [-0.1, -0.05) is 33.6 Å². The van der Waals surface area contributed by atoms with Crippen LogP contribution in [0.2, 0.25) is 0 Å². The third kappa shape index (κ3) is 2.99. The van der Waals surface area contributed by atoms with Crippen molar-refractivity contribution in [2.45, 2.75) is 25.7 Å². The van der Waals surface area contributed by atoms with Crippen LogP contribution >= 0.6 is 27.3 Å². The third-order valence-corrected chi connectivity index (χ3v) is 5.60. The van der Waals surface area contributed by atoms with Crippen molar-refractivity contribution in [1.82, 2.24) is 5.32 Å². The third-order valence-electron chi connectivity index (χ3n) is 3.77. The van der Waals surface area contributed by atoms with Crippen molar-refractivity contribution >= 4 is 48.9 Å². The molecule has 1 amide bonds. The molecule has 3 nitrogen and oxygen atoms in total. The molecule has 3 rings (SSSR count). The summed E-state index contributed by atoms with van der Waals surface area (Å²) in [5.74, 6) is -0.0702. The summed E-state index contributed by atoms with van der Waals surface area (Å²) < 4.78 is 1.97. The minimum absolute atomic E-state index is 0.0702. The Bertz CT molecular complexity index is 720. The first-order valence-corrected chi connectivity index (χ1v) is 8.70. The van der Waals surface area contributed by atoms with Crippen molar-refractivity contribution in [3.63, 3.8) is 0 Å². The van der Waals surface area contributed by atoms with Crippen LogP contribution in [0.1, 0.15) is 35.4 Å². The summed E-state index contributed by atoms with van der Waals surface area (Å²) in [6.45, 7) is 0.680. The van der Waals surface area contributed by atoms with Crippen molar-refractivity contribution in [3.8, 4) is 0 Å². The number of nitrogens with two attached hydrogens (primary N) is 1. The lowest BCUT2D eigenvalue weighted by atomic mass is 10.1. The number of hydrogen-bond donors (Lipinski definition) is 2. The summed E-state index contributed by atoms with van der Waals surface area (Å²) in [5.41, 5.74) is 8.17. The number of hydrogen-bond acceptors (Lipinski definition) is 3. The summed E-state index contributed by atoms with van der Waals surface area (Å²) in [5, 5.41) is 3.92. The van der Waals surface area contributed by atoms with Gasteiger partial charge in [-0.2, -0.15) is 0 Å². The van der Waals surface area contributed by atoms with Crippen molar-refractivity contribution in [1.29, 1.82) is 0 Å². The Kier molecular flexibility index (Phi) is 4.31. The van der Waals surface area contributed by atoms with E-state index in [2.05, 4.69) is 27.3 Å². The minimum Gasteiger partial charge on any atom is -0.397 e. The Morgan fingerprint density at radius 2 is 2.29 bits per heavy atom. The predicted octanol–water partition coefficient (Wildman–Crippen LogP) is 4.48. The molecule has 1 aromatic heterocycles. The number of thiophene rings is 1. The van der Waals surface area contributed by atoms with Crippen molar-refractivity contribution in [2.75, 3.05) is 12.3 Å². The fourth-order valence-corrected chi connectivity index (χ4v) is 4.46. The Hall–Kier alpha value is -1.33. The molecule has 1 aliphatic carbocycles. The van der Waals surface area contributed by atoms with Gasteiger partial charge in [-0.05, 0) is 37.8 Å². The Morgan fingerprint density at radius 1 is 1.43 bits per heavy atom. The average molecular weight is 365 g/mol. The zero-order chi connectivity index (χ0) is 14.8. The summed E-state index contributed by atoms with van der Waals surface area (Å²) in [7, 11) is 0. The number of benzene rings is 1. The number of amides is 1. The fourth-order valence-electron chi connectivity index (χ4n) is 2.68. The standard InChI is InChI=1S/C16H17BrN2OS/c17-11-6-3-7-12-13(11)14(18)15(21-12)16(20)19-9-8-10-4-1-2-5-10/h3-4,6-7H,1-2,5,8-9,18H2,(H,19,20). The second-order valence-corrected chi connectivity index (χ2v) is 7.12. The highest BCUT2D eigenvalue weighted by atomic mass is 79.9. The van der Waals surface area contributed by atoms with E-state index < -0.39 is 0 Å². The largest absolute Gasteiger partial charge is 0.397 e. The number of allylic oxidation sites excluding steroid dienone is 1. The summed E-state index contributed by atoms with van der Waals surface area (Å²) in [6.07, 6.45) is 6.84. The quantitative estimate of drug-likeness (QED) is 0.785. The van der Waals surface area contributed by atoms with Gasteiger partial charge in [0.1, 0.15) is 4.88 Å². The van der Waals surface area contributed by atoms with Gasteiger partial charge in [-0.15, -0.1) is 11.3 Å². The van der Waals surface area contributed by atoms with E-state index in [0.29, 0.717) is 17.1 Å². The first kappa shape index (κ1) is 14.6. The van der Waals surface area contributed by atoms with E-state index in [1.54, 1.807) is 0 Å². The van der Waals surface area contributed by atoms with Crippen LogP contribution in [-0.4, -0.2) is 12.5 Å². The average Bonchev–Trinajstić information content (AvgIpc) is 3.08. The van der Waals surface area contributed by atoms with Crippen molar-refractivity contribution in [3.05, 3.63) is 39.2 Å². The topological polar surface area (TPSA) is 55.1 Å². The van der Waals surface area contributed by atoms with Crippen LogP contribution in [0, 0.1) is 0 Å². The van der Waals surface area contributed by atoms with Gasteiger partial charge in [0.05, 0.1) is 5.69 Å². The molecule has 0 unspecified atom stereocenters. The molecule has 2 aromatic rings. The summed E-state index contributed by atoms with van der Waals surface area (Å²) >= 11 is 4.94. The summed E-state index contributed by atoms with van der Waals surface area (Å²) in [4.78, 5) is 12.9. The van der Waals surface area contributed by atoms with E-state index in [4.69, 9.17) is 5.73 Å². The lowest BCUT2D eigenvalue weighted by Gasteiger charge is -2.05. The van der Waals surface area contributed by atoms with Crippen LogP contribution in [0.3, 0.4) is 0 Å². The number of nitrogens with one attached hydrogen (secondary N) is 1. The van der Waals surface area contributed by atoms with Crippen LogP contribution in [0.25, 0.3) is 10.1 Å². The highest BCUT2D eigenvalue weighted by Gasteiger charge is 2.17. The van der Waals surface area contributed by atoms with Crippen LogP contribution in [0.15, 0.2) is 34.3 Å². The van der Waals surface area contributed by atoms with E-state index in [9.17, 15) is 4.79 Å². The fraction of sp³-hybridized carbons (Fsp3) is 0.312. The van der Waals surface area contributed by atoms with Crippen LogP contribution < -0.4 is 11.1 Å². The highest BCUT2D eigenvalue weighted by molar-refractivity contribution is 9.10. The van der Waals surface area contributed by atoms with Gasteiger partial charge in [-0.3, -0.25) is 4.79 Å². The molecular formula is C16H17BrN2OS. The molecule has 0 saturated carbocycles. The van der Waals surface area contributed by atoms with Gasteiger partial charge < -0.3 is 11.1 Å². The number of fused-ring (bicyclic) bond motifs is 1. The minimum atomic E-state index is -0.0702. The van der Waals surface area contributed by atoms with Gasteiger partial charge in [0.2, 0.25) is 0 Å².